The van der Waals surface area contributed by atoms with Gasteiger partial charge in [0.2, 0.25) is 0 Å². The molecule has 0 radical (unpaired) electrons. The van der Waals surface area contributed by atoms with E-state index in [-0.39, 0.29) is 0 Å². The molecular formula is C15H26. The van der Waals surface area contributed by atoms with Crippen LogP contribution in [-0.2, 0) is 0 Å². The molecule has 1 atom stereocenters. The Morgan fingerprint density at radius 1 is 1.27 bits per heavy atom. The Balaban J connectivity index is 3.57. The smallest absolute Gasteiger partial charge is 0.0174 e. The number of allylic oxidation sites excluding steroid dienone is 2. The maximum atomic E-state index is 5.33. The summed E-state index contributed by atoms with van der Waals surface area (Å²) in [6.45, 7) is 8.92. The molecule has 15 heavy (non-hydrogen) atoms. The van der Waals surface area contributed by atoms with Crippen molar-refractivity contribution in [3.8, 4) is 12.3 Å². The van der Waals surface area contributed by atoms with E-state index in [0.29, 0.717) is 5.92 Å². The highest BCUT2D eigenvalue weighted by Gasteiger charge is 1.97. The van der Waals surface area contributed by atoms with Crippen molar-refractivity contribution in [1.82, 2.24) is 0 Å². The molecular weight excluding hydrogens is 180 g/mol. The molecule has 0 aliphatic heterocycles. The summed E-state index contributed by atoms with van der Waals surface area (Å²) >= 11 is 0. The van der Waals surface area contributed by atoms with Gasteiger partial charge < -0.3 is 0 Å². The largest absolute Gasteiger partial charge is 0.120 e. The molecule has 0 heterocycles. The van der Waals surface area contributed by atoms with Gasteiger partial charge in [-0.05, 0) is 38.5 Å². The molecule has 0 N–H and O–H groups in total. The zero-order chi connectivity index (χ0) is 11.7. The third-order valence-corrected chi connectivity index (χ3v) is 2.73. The predicted octanol–water partition coefficient (Wildman–Crippen LogP) is 4.81. The van der Waals surface area contributed by atoms with Crippen LogP contribution in [0.4, 0.5) is 0 Å². The first kappa shape index (κ1) is 14.3. The van der Waals surface area contributed by atoms with Gasteiger partial charge in [-0.25, -0.2) is 0 Å². The van der Waals surface area contributed by atoms with E-state index in [1.54, 1.807) is 0 Å². The minimum Gasteiger partial charge on any atom is -0.120 e. The molecule has 0 spiro atoms. The Morgan fingerprint density at radius 2 is 1.93 bits per heavy atom. The first-order chi connectivity index (χ1) is 7.06. The molecule has 0 nitrogen and oxygen atoms in total. The Kier molecular flexibility index (Phi) is 8.19. The minimum atomic E-state index is 0.421. The summed E-state index contributed by atoms with van der Waals surface area (Å²) in [5, 5.41) is 0. The van der Waals surface area contributed by atoms with Gasteiger partial charge in [0.15, 0.2) is 0 Å². The lowest BCUT2D eigenvalue weighted by molar-refractivity contribution is 0.554. The Bertz CT molecular complexity index is 215. The van der Waals surface area contributed by atoms with Crippen molar-refractivity contribution in [2.75, 3.05) is 0 Å². The summed E-state index contributed by atoms with van der Waals surface area (Å²) in [4.78, 5) is 0. The second-order valence-electron chi connectivity index (χ2n) is 4.98. The number of rotatable bonds is 7. The predicted molar refractivity (Wildman–Crippen MR) is 69.7 cm³/mol. The zero-order valence-corrected chi connectivity index (χ0v) is 10.8. The van der Waals surface area contributed by atoms with Crippen LogP contribution in [0.25, 0.3) is 0 Å². The summed E-state index contributed by atoms with van der Waals surface area (Å²) in [7, 11) is 0. The SMILES string of the molecule is C#CC(C)CCC=C(C)CCCC(C)C. The number of hydrogen-bond donors (Lipinski definition) is 0. The van der Waals surface area contributed by atoms with Crippen molar-refractivity contribution in [1.29, 1.82) is 0 Å². The third-order valence-electron chi connectivity index (χ3n) is 2.73. The Hall–Kier alpha value is -0.700. The minimum absolute atomic E-state index is 0.421. The van der Waals surface area contributed by atoms with Crippen LogP contribution in [0, 0.1) is 24.2 Å². The van der Waals surface area contributed by atoms with E-state index in [2.05, 4.69) is 39.7 Å². The fourth-order valence-corrected chi connectivity index (χ4v) is 1.55. The molecule has 0 aromatic carbocycles. The van der Waals surface area contributed by atoms with Crippen LogP contribution in [0.2, 0.25) is 0 Å². The standard InChI is InChI=1S/C15H26/c1-6-14(4)10-8-12-15(5)11-7-9-13(2)3/h1,12-14H,7-11H2,2-5H3. The maximum absolute atomic E-state index is 5.33. The molecule has 1 unspecified atom stereocenters. The third kappa shape index (κ3) is 9.60. The quantitative estimate of drug-likeness (QED) is 0.414. The van der Waals surface area contributed by atoms with Gasteiger partial charge in [0.05, 0.1) is 0 Å². The van der Waals surface area contributed by atoms with Crippen molar-refractivity contribution in [2.45, 2.75) is 59.8 Å². The highest BCUT2D eigenvalue weighted by atomic mass is 14.0. The Morgan fingerprint density at radius 3 is 2.47 bits per heavy atom. The van der Waals surface area contributed by atoms with E-state index in [1.165, 1.54) is 24.8 Å². The summed E-state index contributed by atoms with van der Waals surface area (Å²) in [6.07, 6.45) is 13.9. The molecule has 0 aromatic heterocycles. The normalized spacial score (nSPS) is 14.0. The number of hydrogen-bond acceptors (Lipinski definition) is 0. The lowest BCUT2D eigenvalue weighted by Gasteiger charge is -2.05. The molecule has 0 saturated carbocycles. The van der Waals surface area contributed by atoms with Crippen molar-refractivity contribution in [3.05, 3.63) is 11.6 Å². The maximum Gasteiger partial charge on any atom is 0.0174 e. The van der Waals surface area contributed by atoms with Crippen LogP contribution in [0.15, 0.2) is 11.6 Å². The summed E-state index contributed by atoms with van der Waals surface area (Å²) < 4.78 is 0. The molecule has 0 aromatic rings. The summed E-state index contributed by atoms with van der Waals surface area (Å²) in [6, 6.07) is 0. The lowest BCUT2D eigenvalue weighted by atomic mass is 10.0. The van der Waals surface area contributed by atoms with Crippen molar-refractivity contribution >= 4 is 0 Å². The molecule has 0 heteroatoms. The van der Waals surface area contributed by atoms with Crippen LogP contribution in [-0.4, -0.2) is 0 Å². The molecule has 0 fully saturated rings. The van der Waals surface area contributed by atoms with E-state index in [4.69, 9.17) is 6.42 Å². The van der Waals surface area contributed by atoms with Crippen LogP contribution in [0.1, 0.15) is 59.8 Å². The van der Waals surface area contributed by atoms with Gasteiger partial charge in [-0.2, -0.15) is 0 Å². The van der Waals surface area contributed by atoms with E-state index in [9.17, 15) is 0 Å². The summed E-state index contributed by atoms with van der Waals surface area (Å²) in [5.74, 6) is 4.02. The van der Waals surface area contributed by atoms with Gasteiger partial charge >= 0.3 is 0 Å². The van der Waals surface area contributed by atoms with E-state index in [1.807, 2.05) is 0 Å². The first-order valence-electron chi connectivity index (χ1n) is 6.18. The second-order valence-corrected chi connectivity index (χ2v) is 4.98. The zero-order valence-electron chi connectivity index (χ0n) is 10.8. The molecule has 0 aliphatic rings. The molecule has 0 aliphatic carbocycles. The average Bonchev–Trinajstić information content (AvgIpc) is 2.17. The average molecular weight is 206 g/mol. The van der Waals surface area contributed by atoms with Crippen molar-refractivity contribution < 1.29 is 0 Å². The molecule has 86 valence electrons. The van der Waals surface area contributed by atoms with E-state index in [0.717, 1.165) is 18.8 Å². The van der Waals surface area contributed by atoms with Gasteiger partial charge in [-0.15, -0.1) is 12.3 Å². The topological polar surface area (TPSA) is 0 Å². The van der Waals surface area contributed by atoms with Crippen LogP contribution >= 0.6 is 0 Å². The van der Waals surface area contributed by atoms with Crippen molar-refractivity contribution in [2.24, 2.45) is 11.8 Å². The number of terminal acetylenes is 1. The van der Waals surface area contributed by atoms with E-state index < -0.39 is 0 Å². The van der Waals surface area contributed by atoms with E-state index >= 15 is 0 Å². The van der Waals surface area contributed by atoms with Crippen LogP contribution in [0.5, 0.6) is 0 Å². The Labute approximate surface area is 96.2 Å². The fourth-order valence-electron chi connectivity index (χ4n) is 1.55. The van der Waals surface area contributed by atoms with Crippen LogP contribution in [0.3, 0.4) is 0 Å². The highest BCUT2D eigenvalue weighted by molar-refractivity contribution is 4.99. The highest BCUT2D eigenvalue weighted by Crippen LogP contribution is 2.13. The van der Waals surface area contributed by atoms with Gasteiger partial charge in [0.1, 0.15) is 0 Å². The molecule has 0 rings (SSSR count). The van der Waals surface area contributed by atoms with Crippen molar-refractivity contribution in [3.63, 3.8) is 0 Å². The fraction of sp³-hybridized carbons (Fsp3) is 0.733. The van der Waals surface area contributed by atoms with Gasteiger partial charge in [0.25, 0.3) is 0 Å². The molecule has 0 amide bonds. The summed E-state index contributed by atoms with van der Waals surface area (Å²) in [5.41, 5.74) is 1.53. The van der Waals surface area contributed by atoms with Gasteiger partial charge in [-0.1, -0.05) is 38.8 Å². The van der Waals surface area contributed by atoms with Gasteiger partial charge in [0, 0.05) is 5.92 Å². The molecule has 0 saturated heterocycles. The first-order valence-corrected chi connectivity index (χ1v) is 6.18. The monoisotopic (exact) mass is 206 g/mol. The lowest BCUT2D eigenvalue weighted by Crippen LogP contribution is -1.90. The second kappa shape index (κ2) is 8.60. The molecule has 0 bridgehead atoms. The van der Waals surface area contributed by atoms with Crippen LogP contribution < -0.4 is 0 Å². The van der Waals surface area contributed by atoms with Gasteiger partial charge in [-0.3, -0.25) is 0 Å².